The molecule has 4 nitrogen and oxygen atoms in total. The van der Waals surface area contributed by atoms with Gasteiger partial charge >= 0.3 is 0 Å². The van der Waals surface area contributed by atoms with Crippen LogP contribution in [0.4, 0.5) is 0 Å². The summed E-state index contributed by atoms with van der Waals surface area (Å²) in [6.45, 7) is 3.53. The SMILES string of the molecule is CC(=O)Cc1cnc2ncc(C)n2c1. The summed E-state index contributed by atoms with van der Waals surface area (Å²) in [7, 11) is 0. The summed E-state index contributed by atoms with van der Waals surface area (Å²) in [4.78, 5) is 19.2. The van der Waals surface area contributed by atoms with E-state index in [0.717, 1.165) is 11.3 Å². The van der Waals surface area contributed by atoms with Crippen LogP contribution in [0, 0.1) is 6.92 Å². The van der Waals surface area contributed by atoms with E-state index in [1.807, 2.05) is 17.5 Å². The topological polar surface area (TPSA) is 47.3 Å². The molecule has 0 amide bonds. The minimum atomic E-state index is 0.143. The molecule has 0 aliphatic carbocycles. The molecule has 0 aliphatic rings. The van der Waals surface area contributed by atoms with Gasteiger partial charge in [0.1, 0.15) is 5.78 Å². The Hall–Kier alpha value is -1.71. The van der Waals surface area contributed by atoms with Crippen LogP contribution in [0.15, 0.2) is 18.6 Å². The minimum absolute atomic E-state index is 0.143. The Morgan fingerprint density at radius 1 is 1.43 bits per heavy atom. The monoisotopic (exact) mass is 189 g/mol. The van der Waals surface area contributed by atoms with Crippen molar-refractivity contribution in [2.75, 3.05) is 0 Å². The molecule has 2 heterocycles. The molecule has 2 aromatic rings. The van der Waals surface area contributed by atoms with E-state index in [0.29, 0.717) is 12.2 Å². The molecule has 2 rings (SSSR count). The number of imidazole rings is 1. The fraction of sp³-hybridized carbons (Fsp3) is 0.300. The van der Waals surface area contributed by atoms with Crippen molar-refractivity contribution >= 4 is 11.6 Å². The molecule has 0 spiro atoms. The fourth-order valence-electron chi connectivity index (χ4n) is 1.41. The molecule has 0 aliphatic heterocycles. The summed E-state index contributed by atoms with van der Waals surface area (Å²) in [5, 5.41) is 0. The lowest BCUT2D eigenvalue weighted by Gasteiger charge is -1.99. The van der Waals surface area contributed by atoms with Crippen LogP contribution in [0.5, 0.6) is 0 Å². The number of nitrogens with zero attached hydrogens (tertiary/aromatic N) is 3. The van der Waals surface area contributed by atoms with Gasteiger partial charge < -0.3 is 0 Å². The van der Waals surface area contributed by atoms with Gasteiger partial charge in [0.2, 0.25) is 5.78 Å². The number of rotatable bonds is 2. The second kappa shape index (κ2) is 3.21. The van der Waals surface area contributed by atoms with Crippen LogP contribution in [0.25, 0.3) is 5.78 Å². The van der Waals surface area contributed by atoms with Gasteiger partial charge in [0.05, 0.1) is 6.20 Å². The average molecular weight is 189 g/mol. The molecule has 0 saturated heterocycles. The van der Waals surface area contributed by atoms with Crippen molar-refractivity contribution < 1.29 is 4.79 Å². The minimum Gasteiger partial charge on any atom is -0.300 e. The molecule has 0 atom stereocenters. The Bertz CT molecular complexity index is 487. The summed E-state index contributed by atoms with van der Waals surface area (Å²) >= 11 is 0. The van der Waals surface area contributed by atoms with Crippen molar-refractivity contribution in [2.45, 2.75) is 20.3 Å². The number of Topliss-reactive ketones (excluding diaryl/α,β-unsaturated/α-hetero) is 1. The van der Waals surface area contributed by atoms with E-state index >= 15 is 0 Å². The first-order valence-electron chi connectivity index (χ1n) is 4.45. The Morgan fingerprint density at radius 2 is 2.14 bits per heavy atom. The molecule has 0 saturated carbocycles. The molecule has 0 fully saturated rings. The molecular weight excluding hydrogens is 178 g/mol. The van der Waals surface area contributed by atoms with Crippen LogP contribution in [0.1, 0.15) is 18.2 Å². The average Bonchev–Trinajstić information content (AvgIpc) is 2.47. The first-order valence-corrected chi connectivity index (χ1v) is 4.45. The number of hydrogen-bond donors (Lipinski definition) is 0. The Labute approximate surface area is 81.6 Å². The van der Waals surface area contributed by atoms with Crippen LogP contribution in [0.2, 0.25) is 0 Å². The standard InChI is InChI=1S/C10H11N3O/c1-7-4-11-10-12-5-9(3-8(2)14)6-13(7)10/h4-6H,3H2,1-2H3. The Morgan fingerprint density at radius 3 is 2.86 bits per heavy atom. The molecule has 0 N–H and O–H groups in total. The first kappa shape index (κ1) is 8.87. The van der Waals surface area contributed by atoms with Gasteiger partial charge in [0.25, 0.3) is 0 Å². The van der Waals surface area contributed by atoms with E-state index in [9.17, 15) is 4.79 Å². The van der Waals surface area contributed by atoms with E-state index in [4.69, 9.17) is 0 Å². The maximum atomic E-state index is 10.9. The zero-order valence-corrected chi connectivity index (χ0v) is 8.19. The number of carbonyl (C=O) groups is 1. The number of aryl methyl sites for hydroxylation is 1. The van der Waals surface area contributed by atoms with Gasteiger partial charge in [0.15, 0.2) is 0 Å². The molecule has 0 unspecified atom stereocenters. The highest BCUT2D eigenvalue weighted by atomic mass is 16.1. The lowest BCUT2D eigenvalue weighted by Crippen LogP contribution is -2.00. The smallest absolute Gasteiger partial charge is 0.233 e. The molecule has 14 heavy (non-hydrogen) atoms. The number of aromatic nitrogens is 3. The Kier molecular flexibility index (Phi) is 2.04. The lowest BCUT2D eigenvalue weighted by atomic mass is 10.2. The van der Waals surface area contributed by atoms with Gasteiger partial charge in [0, 0.05) is 24.5 Å². The second-order valence-electron chi connectivity index (χ2n) is 3.41. The van der Waals surface area contributed by atoms with Crippen molar-refractivity contribution in [2.24, 2.45) is 0 Å². The summed E-state index contributed by atoms with van der Waals surface area (Å²) in [6, 6.07) is 0. The largest absolute Gasteiger partial charge is 0.300 e. The van der Waals surface area contributed by atoms with Gasteiger partial charge in [-0.3, -0.25) is 9.20 Å². The predicted octanol–water partition coefficient (Wildman–Crippen LogP) is 1.17. The summed E-state index contributed by atoms with van der Waals surface area (Å²) < 4.78 is 1.89. The van der Waals surface area contributed by atoms with E-state index in [1.165, 1.54) is 0 Å². The number of fused-ring (bicyclic) bond motifs is 1. The second-order valence-corrected chi connectivity index (χ2v) is 3.41. The highest BCUT2D eigenvalue weighted by Gasteiger charge is 2.03. The molecule has 72 valence electrons. The molecule has 2 aromatic heterocycles. The fourth-order valence-corrected chi connectivity index (χ4v) is 1.41. The maximum Gasteiger partial charge on any atom is 0.233 e. The van der Waals surface area contributed by atoms with E-state index < -0.39 is 0 Å². The van der Waals surface area contributed by atoms with Gasteiger partial charge in [-0.25, -0.2) is 9.97 Å². The molecule has 0 radical (unpaired) electrons. The first-order chi connectivity index (χ1) is 6.66. The third-order valence-electron chi connectivity index (χ3n) is 2.06. The summed E-state index contributed by atoms with van der Waals surface area (Å²) in [5.74, 6) is 0.818. The quantitative estimate of drug-likeness (QED) is 0.712. The lowest BCUT2D eigenvalue weighted by molar-refractivity contribution is -0.116. The highest BCUT2D eigenvalue weighted by molar-refractivity contribution is 5.78. The van der Waals surface area contributed by atoms with Gasteiger partial charge in [-0.05, 0) is 19.4 Å². The van der Waals surface area contributed by atoms with Crippen LogP contribution >= 0.6 is 0 Å². The van der Waals surface area contributed by atoms with Gasteiger partial charge in [-0.2, -0.15) is 0 Å². The van der Waals surface area contributed by atoms with E-state index in [1.54, 1.807) is 19.3 Å². The number of carbonyl (C=O) groups excluding carboxylic acids is 1. The third kappa shape index (κ3) is 1.51. The van der Waals surface area contributed by atoms with Crippen molar-refractivity contribution in [3.8, 4) is 0 Å². The van der Waals surface area contributed by atoms with Crippen LogP contribution in [-0.2, 0) is 11.2 Å². The van der Waals surface area contributed by atoms with E-state index in [2.05, 4.69) is 9.97 Å². The maximum absolute atomic E-state index is 10.9. The van der Waals surface area contributed by atoms with Crippen molar-refractivity contribution in [3.05, 3.63) is 29.8 Å². The normalized spacial score (nSPS) is 10.7. The summed E-state index contributed by atoms with van der Waals surface area (Å²) in [5.41, 5.74) is 1.95. The number of ketones is 1. The molecule has 4 heteroatoms. The van der Waals surface area contributed by atoms with Crippen molar-refractivity contribution in [1.82, 2.24) is 14.4 Å². The molecule has 0 bridgehead atoms. The zero-order chi connectivity index (χ0) is 10.1. The van der Waals surface area contributed by atoms with Gasteiger partial charge in [-0.15, -0.1) is 0 Å². The Balaban J connectivity index is 2.49. The van der Waals surface area contributed by atoms with Crippen LogP contribution in [0.3, 0.4) is 0 Å². The summed E-state index contributed by atoms with van der Waals surface area (Å²) in [6.07, 6.45) is 5.80. The van der Waals surface area contributed by atoms with Crippen LogP contribution < -0.4 is 0 Å². The number of hydrogen-bond acceptors (Lipinski definition) is 3. The van der Waals surface area contributed by atoms with Crippen LogP contribution in [-0.4, -0.2) is 20.2 Å². The highest BCUT2D eigenvalue weighted by Crippen LogP contribution is 2.05. The van der Waals surface area contributed by atoms with Crippen molar-refractivity contribution in [1.29, 1.82) is 0 Å². The zero-order valence-electron chi connectivity index (χ0n) is 8.19. The molecular formula is C10H11N3O. The third-order valence-corrected chi connectivity index (χ3v) is 2.06. The predicted molar refractivity (Wildman–Crippen MR) is 52.1 cm³/mol. The van der Waals surface area contributed by atoms with E-state index in [-0.39, 0.29) is 5.78 Å². The molecule has 0 aromatic carbocycles. The van der Waals surface area contributed by atoms with Crippen molar-refractivity contribution in [3.63, 3.8) is 0 Å². The van der Waals surface area contributed by atoms with Gasteiger partial charge in [-0.1, -0.05) is 0 Å².